The van der Waals surface area contributed by atoms with E-state index in [1.807, 2.05) is 12.1 Å². The predicted octanol–water partition coefficient (Wildman–Crippen LogP) is 3.03. The van der Waals surface area contributed by atoms with Crippen LogP contribution in [0.4, 0.5) is 5.82 Å². The van der Waals surface area contributed by atoms with Crippen molar-refractivity contribution in [1.29, 1.82) is 0 Å². The third-order valence-electron chi connectivity index (χ3n) is 3.65. The van der Waals surface area contributed by atoms with Crippen LogP contribution in [0.5, 0.6) is 5.75 Å². The number of anilines is 1. The van der Waals surface area contributed by atoms with Gasteiger partial charge in [-0.1, -0.05) is 35.5 Å². The molecular weight excluding hydrogens is 324 g/mol. The zero-order valence-corrected chi connectivity index (χ0v) is 13.6. The van der Waals surface area contributed by atoms with Gasteiger partial charge < -0.3 is 19.7 Å². The van der Waals surface area contributed by atoms with Gasteiger partial charge in [0, 0.05) is 11.5 Å². The number of nitrogens with one attached hydrogen (secondary N) is 1. The maximum Gasteiger partial charge on any atom is 0.342 e. The van der Waals surface area contributed by atoms with Gasteiger partial charge in [0.1, 0.15) is 17.1 Å². The molecule has 3 rings (SSSR count). The number of carbonyl (C=O) groups is 2. The summed E-state index contributed by atoms with van der Waals surface area (Å²) < 4.78 is 9.98. The summed E-state index contributed by atoms with van der Waals surface area (Å²) in [6, 6.07) is 11.8. The lowest BCUT2D eigenvalue weighted by molar-refractivity contribution is -0.123. The van der Waals surface area contributed by atoms with Crippen molar-refractivity contribution in [3.05, 3.63) is 53.8 Å². The summed E-state index contributed by atoms with van der Waals surface area (Å²) >= 11 is 0. The lowest BCUT2D eigenvalue weighted by Gasteiger charge is -2.13. The molecule has 3 aromatic rings. The summed E-state index contributed by atoms with van der Waals surface area (Å²) in [5.74, 6) is -0.744. The van der Waals surface area contributed by atoms with Gasteiger partial charge >= 0.3 is 5.97 Å². The Labute approximate surface area is 143 Å². The number of hydrogen-bond donors (Lipinski definition) is 2. The van der Waals surface area contributed by atoms with Crippen LogP contribution in [-0.4, -0.2) is 28.2 Å². The van der Waals surface area contributed by atoms with E-state index in [1.54, 1.807) is 31.2 Å². The van der Waals surface area contributed by atoms with E-state index < -0.39 is 18.0 Å². The number of aryl methyl sites for hydroxylation is 1. The van der Waals surface area contributed by atoms with Gasteiger partial charge in [-0.15, -0.1) is 0 Å². The topological polar surface area (TPSA) is 102 Å². The van der Waals surface area contributed by atoms with Gasteiger partial charge in [-0.2, -0.15) is 0 Å². The molecule has 128 valence electrons. The standard InChI is InChI=1S/C18H16N2O5/c1-10-9-15(20-25-10)19-17(22)11(2)24-18(23)14-8-7-12-5-3-4-6-13(12)16(14)21/h3-9,11,21H,1-2H3,(H,19,20,22)/t11-/m0/s1. The second-order valence-electron chi connectivity index (χ2n) is 5.54. The van der Waals surface area contributed by atoms with Crippen molar-refractivity contribution >= 4 is 28.5 Å². The van der Waals surface area contributed by atoms with Gasteiger partial charge in [-0.05, 0) is 25.3 Å². The molecule has 7 heteroatoms. The number of nitrogens with zero attached hydrogens (tertiary/aromatic N) is 1. The zero-order valence-electron chi connectivity index (χ0n) is 13.6. The normalized spacial score (nSPS) is 11.9. The highest BCUT2D eigenvalue weighted by molar-refractivity contribution is 6.02. The third kappa shape index (κ3) is 3.45. The van der Waals surface area contributed by atoms with Gasteiger partial charge in [0.05, 0.1) is 0 Å². The second kappa shape index (κ2) is 6.64. The molecule has 0 aliphatic heterocycles. The van der Waals surface area contributed by atoms with E-state index in [1.165, 1.54) is 13.0 Å². The Hall–Kier alpha value is -3.35. The second-order valence-corrected chi connectivity index (χ2v) is 5.54. The first-order chi connectivity index (χ1) is 12.0. The number of ether oxygens (including phenoxy) is 1. The number of hydrogen-bond acceptors (Lipinski definition) is 6. The third-order valence-corrected chi connectivity index (χ3v) is 3.65. The molecule has 0 saturated heterocycles. The number of esters is 1. The van der Waals surface area contributed by atoms with Crippen LogP contribution in [0.1, 0.15) is 23.0 Å². The van der Waals surface area contributed by atoms with Crippen molar-refractivity contribution < 1.29 is 24.0 Å². The maximum atomic E-state index is 12.3. The molecule has 0 aliphatic rings. The first-order valence-corrected chi connectivity index (χ1v) is 7.61. The molecule has 1 aromatic heterocycles. The molecule has 0 saturated carbocycles. The molecule has 1 atom stereocenters. The van der Waals surface area contributed by atoms with Gasteiger partial charge in [-0.3, -0.25) is 4.79 Å². The van der Waals surface area contributed by atoms with E-state index in [0.717, 1.165) is 5.39 Å². The summed E-state index contributed by atoms with van der Waals surface area (Å²) in [6.45, 7) is 3.12. The van der Waals surface area contributed by atoms with Crippen LogP contribution in [0.15, 0.2) is 47.0 Å². The van der Waals surface area contributed by atoms with Crippen molar-refractivity contribution in [2.24, 2.45) is 0 Å². The van der Waals surface area contributed by atoms with Crippen molar-refractivity contribution in [2.75, 3.05) is 5.32 Å². The minimum atomic E-state index is -1.07. The molecule has 0 bridgehead atoms. The Morgan fingerprint density at radius 3 is 2.72 bits per heavy atom. The zero-order chi connectivity index (χ0) is 18.0. The number of fused-ring (bicyclic) bond motifs is 1. The maximum absolute atomic E-state index is 12.3. The number of phenolic OH excluding ortho intramolecular Hbond substituents is 1. The first kappa shape index (κ1) is 16.5. The molecule has 0 fully saturated rings. The average molecular weight is 340 g/mol. The highest BCUT2D eigenvalue weighted by Crippen LogP contribution is 2.29. The van der Waals surface area contributed by atoms with Crippen LogP contribution < -0.4 is 5.32 Å². The van der Waals surface area contributed by atoms with E-state index >= 15 is 0 Å². The summed E-state index contributed by atoms with van der Waals surface area (Å²) in [5, 5.41) is 17.7. The minimum absolute atomic E-state index is 0.00405. The fourth-order valence-electron chi connectivity index (χ4n) is 2.35. The van der Waals surface area contributed by atoms with Crippen LogP contribution in [0.3, 0.4) is 0 Å². The summed E-state index contributed by atoms with van der Waals surface area (Å²) in [5.41, 5.74) is -0.00405. The SMILES string of the molecule is Cc1cc(NC(=O)[C@H](C)OC(=O)c2ccc3ccccc3c2O)no1. The largest absolute Gasteiger partial charge is 0.506 e. The van der Waals surface area contributed by atoms with E-state index in [2.05, 4.69) is 10.5 Å². The first-order valence-electron chi connectivity index (χ1n) is 7.61. The highest BCUT2D eigenvalue weighted by Gasteiger charge is 2.22. The number of amides is 1. The van der Waals surface area contributed by atoms with Gasteiger partial charge in [-0.25, -0.2) is 4.79 Å². The summed E-state index contributed by atoms with van der Waals surface area (Å²) in [4.78, 5) is 24.3. The number of benzene rings is 2. The lowest BCUT2D eigenvalue weighted by Crippen LogP contribution is -2.30. The quantitative estimate of drug-likeness (QED) is 0.708. The molecule has 2 aromatic carbocycles. The van der Waals surface area contributed by atoms with Crippen LogP contribution in [0, 0.1) is 6.92 Å². The Bertz CT molecular complexity index is 948. The Kier molecular flexibility index (Phi) is 4.38. The van der Waals surface area contributed by atoms with E-state index in [-0.39, 0.29) is 17.1 Å². The van der Waals surface area contributed by atoms with E-state index in [0.29, 0.717) is 11.1 Å². The molecule has 1 amide bonds. The summed E-state index contributed by atoms with van der Waals surface area (Å²) in [7, 11) is 0. The van der Waals surface area contributed by atoms with Crippen LogP contribution in [0.25, 0.3) is 10.8 Å². The Balaban J connectivity index is 1.73. The molecule has 0 unspecified atom stereocenters. The number of rotatable bonds is 4. The fourth-order valence-corrected chi connectivity index (χ4v) is 2.35. The summed E-state index contributed by atoms with van der Waals surface area (Å²) in [6.07, 6.45) is -1.07. The fraction of sp³-hybridized carbons (Fsp3) is 0.167. The molecule has 7 nitrogen and oxygen atoms in total. The van der Waals surface area contributed by atoms with Crippen molar-refractivity contribution in [2.45, 2.75) is 20.0 Å². The predicted molar refractivity (Wildman–Crippen MR) is 90.4 cm³/mol. The Morgan fingerprint density at radius 2 is 2.00 bits per heavy atom. The highest BCUT2D eigenvalue weighted by atomic mass is 16.5. The van der Waals surface area contributed by atoms with E-state index in [4.69, 9.17) is 9.26 Å². The van der Waals surface area contributed by atoms with Crippen LogP contribution in [-0.2, 0) is 9.53 Å². The van der Waals surface area contributed by atoms with Crippen LogP contribution >= 0.6 is 0 Å². The number of aromatic hydroxyl groups is 1. The van der Waals surface area contributed by atoms with E-state index in [9.17, 15) is 14.7 Å². The number of phenols is 1. The molecule has 0 spiro atoms. The Morgan fingerprint density at radius 1 is 1.24 bits per heavy atom. The molecular formula is C18H16N2O5. The van der Waals surface area contributed by atoms with Crippen molar-refractivity contribution in [1.82, 2.24) is 5.16 Å². The van der Waals surface area contributed by atoms with Crippen molar-refractivity contribution in [3.63, 3.8) is 0 Å². The average Bonchev–Trinajstić information content (AvgIpc) is 3.00. The molecule has 25 heavy (non-hydrogen) atoms. The molecule has 0 aliphatic carbocycles. The smallest absolute Gasteiger partial charge is 0.342 e. The molecule has 1 heterocycles. The monoisotopic (exact) mass is 340 g/mol. The van der Waals surface area contributed by atoms with Gasteiger partial charge in [0.25, 0.3) is 5.91 Å². The van der Waals surface area contributed by atoms with Crippen molar-refractivity contribution in [3.8, 4) is 5.75 Å². The molecule has 0 radical (unpaired) electrons. The number of carbonyl (C=O) groups excluding carboxylic acids is 2. The molecule has 2 N–H and O–H groups in total. The lowest BCUT2D eigenvalue weighted by atomic mass is 10.1. The van der Waals surface area contributed by atoms with Crippen LogP contribution in [0.2, 0.25) is 0 Å². The minimum Gasteiger partial charge on any atom is -0.506 e. The van der Waals surface area contributed by atoms with Gasteiger partial charge in [0.2, 0.25) is 0 Å². The van der Waals surface area contributed by atoms with Gasteiger partial charge in [0.15, 0.2) is 11.9 Å². The number of aromatic nitrogens is 1.